The molecule has 0 amide bonds. The molecular formula is C16H17NO4S. The molecule has 0 aliphatic heterocycles. The maximum atomic E-state index is 12.0. The van der Waals surface area contributed by atoms with Crippen LogP contribution in [0.2, 0.25) is 0 Å². The maximum Gasteiger partial charge on any atom is 0.338 e. The zero-order valence-corrected chi connectivity index (χ0v) is 13.1. The molecule has 6 heteroatoms. The molecule has 0 saturated heterocycles. The predicted molar refractivity (Wildman–Crippen MR) is 82.8 cm³/mol. The molecule has 0 bridgehead atoms. The molecule has 1 atom stereocenters. The van der Waals surface area contributed by atoms with Gasteiger partial charge in [-0.25, -0.2) is 18.4 Å². The van der Waals surface area contributed by atoms with Gasteiger partial charge < -0.3 is 4.74 Å². The quantitative estimate of drug-likeness (QED) is 0.877. The third-order valence-corrected chi connectivity index (χ3v) is 4.18. The van der Waals surface area contributed by atoms with Crippen molar-refractivity contribution in [3.8, 4) is 0 Å². The minimum absolute atomic E-state index is 0.0216. The van der Waals surface area contributed by atoms with Crippen molar-refractivity contribution in [3.63, 3.8) is 0 Å². The molecule has 116 valence electrons. The first-order valence-electron chi connectivity index (χ1n) is 6.68. The van der Waals surface area contributed by atoms with Crippen LogP contribution >= 0.6 is 0 Å². The molecular weight excluding hydrogens is 302 g/mol. The second kappa shape index (κ2) is 6.29. The van der Waals surface area contributed by atoms with Crippen LogP contribution in [-0.4, -0.2) is 14.4 Å². The average Bonchev–Trinajstić information content (AvgIpc) is 2.47. The summed E-state index contributed by atoms with van der Waals surface area (Å²) in [6.45, 7) is 3.66. The summed E-state index contributed by atoms with van der Waals surface area (Å²) in [5.41, 5.74) is 2.22. The lowest BCUT2D eigenvalue weighted by Gasteiger charge is -2.14. The van der Waals surface area contributed by atoms with Gasteiger partial charge in [0.25, 0.3) is 0 Å². The number of esters is 1. The van der Waals surface area contributed by atoms with Crippen LogP contribution in [0, 0.1) is 6.92 Å². The lowest BCUT2D eigenvalue weighted by molar-refractivity contribution is 0.0337. The summed E-state index contributed by atoms with van der Waals surface area (Å²) in [5.74, 6) is -0.428. The summed E-state index contributed by atoms with van der Waals surface area (Å²) in [4.78, 5) is 12.0. The Morgan fingerprint density at radius 3 is 2.09 bits per heavy atom. The molecule has 22 heavy (non-hydrogen) atoms. The van der Waals surface area contributed by atoms with Crippen LogP contribution in [0.1, 0.15) is 34.5 Å². The Morgan fingerprint density at radius 2 is 1.59 bits per heavy atom. The highest BCUT2D eigenvalue weighted by Crippen LogP contribution is 2.20. The van der Waals surface area contributed by atoms with Gasteiger partial charge in [0.2, 0.25) is 10.0 Å². The molecule has 1 unspecified atom stereocenters. The molecule has 5 nitrogen and oxygen atoms in total. The summed E-state index contributed by atoms with van der Waals surface area (Å²) in [6, 6.07) is 13.0. The number of ether oxygens (including phenoxy) is 1. The van der Waals surface area contributed by atoms with E-state index in [2.05, 4.69) is 0 Å². The van der Waals surface area contributed by atoms with Gasteiger partial charge in [0.15, 0.2) is 0 Å². The normalized spacial score (nSPS) is 12.7. The van der Waals surface area contributed by atoms with Crippen molar-refractivity contribution in [3.05, 3.63) is 65.2 Å². The van der Waals surface area contributed by atoms with Crippen LogP contribution in [-0.2, 0) is 14.8 Å². The smallest absolute Gasteiger partial charge is 0.338 e. The first kappa shape index (κ1) is 16.2. The van der Waals surface area contributed by atoms with Crippen LogP contribution in [0.5, 0.6) is 0 Å². The van der Waals surface area contributed by atoms with Gasteiger partial charge in [-0.1, -0.05) is 29.8 Å². The number of benzene rings is 2. The number of hydrogen-bond acceptors (Lipinski definition) is 4. The van der Waals surface area contributed by atoms with Crippen molar-refractivity contribution in [2.24, 2.45) is 5.14 Å². The Balaban J connectivity index is 2.10. The van der Waals surface area contributed by atoms with Gasteiger partial charge in [-0.05, 0) is 43.7 Å². The molecule has 0 aliphatic rings. The fourth-order valence-corrected chi connectivity index (χ4v) is 2.43. The number of aryl methyl sites for hydroxylation is 1. The van der Waals surface area contributed by atoms with Crippen LogP contribution in [0.4, 0.5) is 0 Å². The van der Waals surface area contributed by atoms with E-state index in [0.29, 0.717) is 11.1 Å². The molecule has 2 aromatic rings. The first-order chi connectivity index (χ1) is 10.3. The van der Waals surface area contributed by atoms with Crippen molar-refractivity contribution in [2.45, 2.75) is 24.8 Å². The van der Waals surface area contributed by atoms with Crippen molar-refractivity contribution in [1.29, 1.82) is 0 Å². The number of carbonyl (C=O) groups excluding carboxylic acids is 1. The fraction of sp³-hybridized carbons (Fsp3) is 0.188. The standard InChI is InChI=1S/C16H17NO4S/c1-11-3-5-14(6-4-11)16(18)21-12(2)13-7-9-15(10-8-13)22(17,19)20/h3-10,12H,1-2H3,(H2,17,19,20). The van der Waals surface area contributed by atoms with Gasteiger partial charge in [0, 0.05) is 0 Å². The van der Waals surface area contributed by atoms with Crippen molar-refractivity contribution < 1.29 is 17.9 Å². The molecule has 2 N–H and O–H groups in total. The molecule has 0 aliphatic carbocycles. The van der Waals surface area contributed by atoms with E-state index >= 15 is 0 Å². The number of sulfonamides is 1. The Morgan fingerprint density at radius 1 is 1.05 bits per heavy atom. The molecule has 0 heterocycles. The Bertz CT molecular complexity index is 765. The maximum absolute atomic E-state index is 12.0. The van der Waals surface area contributed by atoms with Crippen LogP contribution in [0.25, 0.3) is 0 Å². The van der Waals surface area contributed by atoms with E-state index in [1.54, 1.807) is 31.2 Å². The summed E-state index contributed by atoms with van der Waals surface area (Å²) >= 11 is 0. The Labute approximate surface area is 129 Å². The van der Waals surface area contributed by atoms with Crippen LogP contribution in [0.3, 0.4) is 0 Å². The van der Waals surface area contributed by atoms with Crippen molar-refractivity contribution in [1.82, 2.24) is 0 Å². The third kappa shape index (κ3) is 3.93. The van der Waals surface area contributed by atoms with Crippen LogP contribution in [0.15, 0.2) is 53.4 Å². The van der Waals surface area contributed by atoms with Gasteiger partial charge >= 0.3 is 5.97 Å². The monoisotopic (exact) mass is 319 g/mol. The minimum atomic E-state index is -3.72. The number of rotatable bonds is 4. The van der Waals surface area contributed by atoms with Gasteiger partial charge in [-0.15, -0.1) is 0 Å². The second-order valence-corrected chi connectivity index (χ2v) is 6.59. The van der Waals surface area contributed by atoms with Crippen LogP contribution < -0.4 is 5.14 Å². The number of primary sulfonamides is 1. The topological polar surface area (TPSA) is 86.5 Å². The summed E-state index contributed by atoms with van der Waals surface area (Å²) in [5, 5.41) is 5.04. The predicted octanol–water partition coefficient (Wildman–Crippen LogP) is 2.56. The van der Waals surface area contributed by atoms with Gasteiger partial charge in [0.1, 0.15) is 6.10 Å². The van der Waals surface area contributed by atoms with E-state index in [0.717, 1.165) is 5.56 Å². The molecule has 0 aromatic heterocycles. The molecule has 0 saturated carbocycles. The zero-order valence-electron chi connectivity index (χ0n) is 12.3. The van der Waals surface area contributed by atoms with Crippen molar-refractivity contribution >= 4 is 16.0 Å². The van der Waals surface area contributed by atoms with E-state index < -0.39 is 22.1 Å². The van der Waals surface area contributed by atoms with E-state index in [4.69, 9.17) is 9.88 Å². The average molecular weight is 319 g/mol. The summed E-state index contributed by atoms with van der Waals surface area (Å²) in [7, 11) is -3.72. The first-order valence-corrected chi connectivity index (χ1v) is 8.22. The minimum Gasteiger partial charge on any atom is -0.454 e. The third-order valence-electron chi connectivity index (χ3n) is 3.25. The number of hydrogen-bond donors (Lipinski definition) is 1. The molecule has 2 rings (SSSR count). The SMILES string of the molecule is Cc1ccc(C(=O)OC(C)c2ccc(S(N)(=O)=O)cc2)cc1. The highest BCUT2D eigenvalue weighted by Gasteiger charge is 2.15. The molecule has 2 aromatic carbocycles. The molecule has 0 spiro atoms. The highest BCUT2D eigenvalue weighted by atomic mass is 32.2. The highest BCUT2D eigenvalue weighted by molar-refractivity contribution is 7.89. The number of nitrogens with two attached hydrogens (primary N) is 1. The summed E-state index contributed by atoms with van der Waals surface area (Å²) < 4.78 is 27.8. The zero-order chi connectivity index (χ0) is 16.3. The van der Waals surface area contributed by atoms with Gasteiger partial charge in [0.05, 0.1) is 10.5 Å². The fourth-order valence-electron chi connectivity index (χ4n) is 1.91. The van der Waals surface area contributed by atoms with Gasteiger partial charge in [-0.2, -0.15) is 0 Å². The van der Waals surface area contributed by atoms with E-state index in [1.807, 2.05) is 19.1 Å². The largest absolute Gasteiger partial charge is 0.454 e. The Kier molecular flexibility index (Phi) is 4.63. The Hall–Kier alpha value is -2.18. The van der Waals surface area contributed by atoms with E-state index in [1.165, 1.54) is 12.1 Å². The lowest BCUT2D eigenvalue weighted by Crippen LogP contribution is -2.13. The van der Waals surface area contributed by atoms with E-state index in [9.17, 15) is 13.2 Å². The second-order valence-electron chi connectivity index (χ2n) is 5.03. The lowest BCUT2D eigenvalue weighted by atomic mass is 10.1. The van der Waals surface area contributed by atoms with Crippen molar-refractivity contribution in [2.75, 3.05) is 0 Å². The molecule has 0 fully saturated rings. The number of carbonyl (C=O) groups is 1. The van der Waals surface area contributed by atoms with E-state index in [-0.39, 0.29) is 4.90 Å². The molecule has 0 radical (unpaired) electrons. The van der Waals surface area contributed by atoms with Gasteiger partial charge in [-0.3, -0.25) is 0 Å². The summed E-state index contributed by atoms with van der Waals surface area (Å²) in [6.07, 6.45) is -0.497.